The smallest absolute Gasteiger partial charge is 0.240 e. The van der Waals surface area contributed by atoms with Crippen LogP contribution >= 0.6 is 0 Å². The second kappa shape index (κ2) is 5.93. The minimum Gasteiger partial charge on any atom is -0.361 e. The van der Waals surface area contributed by atoms with Crippen LogP contribution in [0.2, 0.25) is 0 Å². The van der Waals surface area contributed by atoms with E-state index in [9.17, 15) is 12.8 Å². The first-order chi connectivity index (χ1) is 12.3. The second-order valence-electron chi connectivity index (χ2n) is 7.27. The third-order valence-corrected chi connectivity index (χ3v) is 6.85. The first kappa shape index (κ1) is 17.2. The lowest BCUT2D eigenvalue weighted by molar-refractivity contribution is 0.567. The first-order valence-electron chi connectivity index (χ1n) is 8.65. The molecule has 0 spiro atoms. The van der Waals surface area contributed by atoms with Crippen molar-refractivity contribution in [3.05, 3.63) is 65.1 Å². The molecule has 1 heterocycles. The van der Waals surface area contributed by atoms with Crippen molar-refractivity contribution in [3.63, 3.8) is 0 Å². The zero-order chi connectivity index (χ0) is 18.5. The molecule has 4 nitrogen and oxygen atoms in total. The highest BCUT2D eigenvalue weighted by molar-refractivity contribution is 7.89. The Morgan fingerprint density at radius 2 is 1.92 bits per heavy atom. The number of hydrogen-bond acceptors (Lipinski definition) is 2. The van der Waals surface area contributed by atoms with Gasteiger partial charge >= 0.3 is 0 Å². The molecule has 4 rings (SSSR count). The number of rotatable bonds is 5. The van der Waals surface area contributed by atoms with Gasteiger partial charge in [-0.15, -0.1) is 0 Å². The average Bonchev–Trinajstić information content (AvgIpc) is 3.27. The number of benzene rings is 2. The lowest BCUT2D eigenvalue weighted by Crippen LogP contribution is -2.32. The van der Waals surface area contributed by atoms with E-state index >= 15 is 0 Å². The van der Waals surface area contributed by atoms with Crippen molar-refractivity contribution in [2.75, 3.05) is 6.54 Å². The summed E-state index contributed by atoms with van der Waals surface area (Å²) in [4.78, 5) is 3.48. The van der Waals surface area contributed by atoms with Crippen LogP contribution in [0.1, 0.15) is 29.5 Å². The molecule has 0 atom stereocenters. The van der Waals surface area contributed by atoms with E-state index in [2.05, 4.69) is 9.71 Å². The highest BCUT2D eigenvalue weighted by Gasteiger charge is 2.46. The molecule has 0 bridgehead atoms. The molecule has 1 aliphatic rings. The number of aromatic amines is 1. The highest BCUT2D eigenvalue weighted by atomic mass is 32.2. The fraction of sp³-hybridized carbons (Fsp3) is 0.300. The van der Waals surface area contributed by atoms with Crippen LogP contribution < -0.4 is 4.72 Å². The van der Waals surface area contributed by atoms with E-state index in [1.54, 1.807) is 19.1 Å². The minimum atomic E-state index is -3.59. The number of hydrogen-bond donors (Lipinski definition) is 2. The van der Waals surface area contributed by atoms with Gasteiger partial charge in [0.1, 0.15) is 5.82 Å². The molecule has 0 unspecified atom stereocenters. The summed E-state index contributed by atoms with van der Waals surface area (Å²) >= 11 is 0. The number of H-pyrrole nitrogens is 1. The molecule has 0 radical (unpaired) electrons. The van der Waals surface area contributed by atoms with Crippen LogP contribution in [0.5, 0.6) is 0 Å². The molecule has 3 aromatic rings. The predicted molar refractivity (Wildman–Crippen MR) is 100 cm³/mol. The van der Waals surface area contributed by atoms with Gasteiger partial charge in [0.05, 0.1) is 4.90 Å². The van der Waals surface area contributed by atoms with Crippen LogP contribution in [0.4, 0.5) is 4.39 Å². The van der Waals surface area contributed by atoms with Crippen molar-refractivity contribution in [1.82, 2.24) is 9.71 Å². The van der Waals surface area contributed by atoms with Crippen LogP contribution in [0.15, 0.2) is 47.5 Å². The van der Waals surface area contributed by atoms with Gasteiger partial charge in [-0.05, 0) is 67.6 Å². The van der Waals surface area contributed by atoms with Crippen LogP contribution in [0.3, 0.4) is 0 Å². The van der Waals surface area contributed by atoms with Crippen molar-refractivity contribution in [2.45, 2.75) is 37.0 Å². The average molecular weight is 372 g/mol. The summed E-state index contributed by atoms with van der Waals surface area (Å²) in [5.74, 6) is -0.287. The summed E-state index contributed by atoms with van der Waals surface area (Å²) in [6, 6.07) is 10.1. The van der Waals surface area contributed by atoms with E-state index < -0.39 is 10.0 Å². The van der Waals surface area contributed by atoms with E-state index in [-0.39, 0.29) is 11.2 Å². The van der Waals surface area contributed by atoms with Crippen LogP contribution in [-0.4, -0.2) is 19.9 Å². The molecule has 1 aliphatic carbocycles. The van der Waals surface area contributed by atoms with Crippen molar-refractivity contribution in [1.29, 1.82) is 0 Å². The Kier molecular flexibility index (Phi) is 3.93. The van der Waals surface area contributed by atoms with E-state index in [1.165, 1.54) is 12.1 Å². The second-order valence-corrected chi connectivity index (χ2v) is 9.00. The van der Waals surface area contributed by atoms with Crippen molar-refractivity contribution in [2.24, 2.45) is 0 Å². The van der Waals surface area contributed by atoms with Gasteiger partial charge in [0.15, 0.2) is 0 Å². The Balaban J connectivity index is 1.63. The molecular formula is C20H21FN2O2S. The number of sulfonamides is 1. The first-order valence-corrected chi connectivity index (χ1v) is 10.1. The van der Waals surface area contributed by atoms with Crippen molar-refractivity contribution < 1.29 is 12.8 Å². The molecule has 2 aromatic carbocycles. The fourth-order valence-electron chi connectivity index (χ4n) is 3.53. The Morgan fingerprint density at radius 1 is 1.15 bits per heavy atom. The van der Waals surface area contributed by atoms with Crippen molar-refractivity contribution in [3.8, 4) is 0 Å². The van der Waals surface area contributed by atoms with Gasteiger partial charge in [-0.3, -0.25) is 0 Å². The monoisotopic (exact) mass is 372 g/mol. The molecule has 2 N–H and O–H groups in total. The molecule has 136 valence electrons. The summed E-state index contributed by atoms with van der Waals surface area (Å²) in [5.41, 5.74) is 3.21. The standard InChI is InChI=1S/C20H21FN2O2S/c1-13-3-4-14(2)19(9-13)26(24,25)23-12-20(7-8-20)17-11-22-18-6-5-15(21)10-16(17)18/h3-6,9-11,22-23H,7-8,12H2,1-2H3. The molecule has 0 aliphatic heterocycles. The minimum absolute atomic E-state index is 0.267. The zero-order valence-electron chi connectivity index (χ0n) is 14.8. The number of fused-ring (bicyclic) bond motifs is 1. The lowest BCUT2D eigenvalue weighted by atomic mass is 9.96. The van der Waals surface area contributed by atoms with Crippen molar-refractivity contribution >= 4 is 20.9 Å². The van der Waals surface area contributed by atoms with Gasteiger partial charge in [-0.25, -0.2) is 17.5 Å². The molecule has 0 amide bonds. The van der Waals surface area contributed by atoms with Crippen LogP contribution in [0, 0.1) is 19.7 Å². The Labute approximate surface area is 152 Å². The third kappa shape index (κ3) is 2.93. The molecule has 26 heavy (non-hydrogen) atoms. The Hall–Kier alpha value is -2.18. The van der Waals surface area contributed by atoms with E-state index in [1.807, 2.05) is 25.3 Å². The van der Waals surface area contributed by atoms with Gasteiger partial charge in [0, 0.05) is 29.1 Å². The van der Waals surface area contributed by atoms with Gasteiger partial charge in [0.2, 0.25) is 10.0 Å². The van der Waals surface area contributed by atoms with E-state index in [4.69, 9.17) is 0 Å². The molecular weight excluding hydrogens is 351 g/mol. The maximum atomic E-state index is 13.7. The van der Waals surface area contributed by atoms with Gasteiger partial charge < -0.3 is 4.98 Å². The maximum absolute atomic E-state index is 13.7. The summed E-state index contributed by atoms with van der Waals surface area (Å²) < 4.78 is 42.0. The van der Waals surface area contributed by atoms with Crippen LogP contribution in [-0.2, 0) is 15.4 Å². The molecule has 1 aromatic heterocycles. The number of aromatic nitrogens is 1. The number of aryl methyl sites for hydroxylation is 2. The summed E-state index contributed by atoms with van der Waals surface area (Å²) in [6.45, 7) is 3.98. The SMILES string of the molecule is Cc1ccc(C)c(S(=O)(=O)NCC2(c3c[nH]c4ccc(F)cc34)CC2)c1. The molecule has 6 heteroatoms. The Bertz CT molecular complexity index is 1100. The quantitative estimate of drug-likeness (QED) is 0.713. The van der Waals surface area contributed by atoms with Gasteiger partial charge in [-0.1, -0.05) is 12.1 Å². The number of nitrogens with one attached hydrogen (secondary N) is 2. The number of halogens is 1. The zero-order valence-corrected chi connectivity index (χ0v) is 15.6. The van der Waals surface area contributed by atoms with Gasteiger partial charge in [0.25, 0.3) is 0 Å². The largest absolute Gasteiger partial charge is 0.361 e. The normalized spacial score (nSPS) is 16.1. The fourth-order valence-corrected chi connectivity index (χ4v) is 4.99. The van der Waals surface area contributed by atoms with E-state index in [0.717, 1.165) is 40.4 Å². The predicted octanol–water partition coefficient (Wildman–Crippen LogP) is 3.93. The van der Waals surface area contributed by atoms with Gasteiger partial charge in [-0.2, -0.15) is 0 Å². The molecule has 0 saturated heterocycles. The summed E-state index contributed by atoms with van der Waals surface area (Å²) in [7, 11) is -3.59. The summed E-state index contributed by atoms with van der Waals surface area (Å²) in [5, 5.41) is 0.827. The lowest BCUT2D eigenvalue weighted by Gasteiger charge is -2.17. The maximum Gasteiger partial charge on any atom is 0.240 e. The topological polar surface area (TPSA) is 62.0 Å². The molecule has 1 fully saturated rings. The third-order valence-electron chi connectivity index (χ3n) is 5.30. The van der Waals surface area contributed by atoms with Crippen LogP contribution in [0.25, 0.3) is 10.9 Å². The molecule has 1 saturated carbocycles. The summed E-state index contributed by atoms with van der Waals surface area (Å²) in [6.07, 6.45) is 3.64. The van der Waals surface area contributed by atoms with E-state index in [0.29, 0.717) is 11.4 Å². The Morgan fingerprint density at radius 3 is 2.65 bits per heavy atom. The highest BCUT2D eigenvalue weighted by Crippen LogP contribution is 2.50.